The van der Waals surface area contributed by atoms with E-state index in [9.17, 15) is 22.7 Å². The molecule has 0 bridgehead atoms. The van der Waals surface area contributed by atoms with Gasteiger partial charge in [-0.2, -0.15) is 13.2 Å². The number of allylic oxidation sites excluding steroid dienone is 2. The third kappa shape index (κ3) is 4.83. The lowest BCUT2D eigenvalue weighted by atomic mass is 9.74. The predicted molar refractivity (Wildman–Crippen MR) is 96.1 cm³/mol. The standard InChI is InChI=1S/C20H25F4NO2/c1-14-7-9-25(10-8-14)13-19(26,20(22,23)24)12-18(2,3)16-11-15(21)5-6-17(16)27-4/h5-9,11,26H,10,12-13H2,1-4H3. The van der Waals surface area contributed by atoms with Crippen LogP contribution in [0.2, 0.25) is 0 Å². The van der Waals surface area contributed by atoms with Crippen molar-refractivity contribution >= 4 is 0 Å². The Kier molecular flexibility index (Phi) is 5.94. The summed E-state index contributed by atoms with van der Waals surface area (Å²) in [6.45, 7) is 4.60. The van der Waals surface area contributed by atoms with E-state index < -0.39 is 36.0 Å². The lowest BCUT2D eigenvalue weighted by molar-refractivity contribution is -0.269. The number of rotatable bonds is 6. The van der Waals surface area contributed by atoms with Crippen LogP contribution in [0.1, 0.15) is 32.8 Å². The van der Waals surface area contributed by atoms with Crippen molar-refractivity contribution in [1.82, 2.24) is 4.90 Å². The van der Waals surface area contributed by atoms with Crippen LogP contribution < -0.4 is 4.74 Å². The number of nitrogens with zero attached hydrogens (tertiary/aromatic N) is 1. The minimum Gasteiger partial charge on any atom is -0.496 e. The molecule has 0 aliphatic carbocycles. The number of ether oxygens (including phenoxy) is 1. The quantitative estimate of drug-likeness (QED) is 0.726. The maximum absolute atomic E-state index is 13.8. The molecule has 27 heavy (non-hydrogen) atoms. The molecule has 1 aliphatic rings. The zero-order chi connectivity index (χ0) is 20.5. The van der Waals surface area contributed by atoms with Gasteiger partial charge in [0.25, 0.3) is 0 Å². The largest absolute Gasteiger partial charge is 0.496 e. The van der Waals surface area contributed by atoms with E-state index in [1.54, 1.807) is 18.4 Å². The van der Waals surface area contributed by atoms with E-state index in [0.717, 1.165) is 11.6 Å². The molecule has 0 fully saturated rings. The first-order chi connectivity index (χ1) is 12.4. The molecular formula is C20H25F4NO2. The van der Waals surface area contributed by atoms with Gasteiger partial charge in [-0.05, 0) is 49.2 Å². The maximum atomic E-state index is 13.8. The molecule has 1 unspecified atom stereocenters. The van der Waals surface area contributed by atoms with E-state index in [-0.39, 0.29) is 17.9 Å². The molecule has 7 heteroatoms. The molecule has 1 heterocycles. The fourth-order valence-corrected chi connectivity index (χ4v) is 3.35. The van der Waals surface area contributed by atoms with Crippen molar-refractivity contribution in [3.05, 3.63) is 53.5 Å². The van der Waals surface area contributed by atoms with E-state index in [2.05, 4.69) is 0 Å². The molecule has 1 atom stereocenters. The third-order valence-corrected chi connectivity index (χ3v) is 4.81. The van der Waals surface area contributed by atoms with Crippen LogP contribution in [0.3, 0.4) is 0 Å². The lowest BCUT2D eigenvalue weighted by Gasteiger charge is -2.41. The second-order valence-corrected chi connectivity index (χ2v) is 7.63. The zero-order valence-electron chi connectivity index (χ0n) is 15.9. The summed E-state index contributed by atoms with van der Waals surface area (Å²) in [5.41, 5.74) is -2.94. The van der Waals surface area contributed by atoms with Crippen LogP contribution in [0.25, 0.3) is 0 Å². The summed E-state index contributed by atoms with van der Waals surface area (Å²) in [4.78, 5) is 1.42. The van der Waals surface area contributed by atoms with E-state index in [4.69, 9.17) is 4.74 Å². The van der Waals surface area contributed by atoms with Gasteiger partial charge in [-0.1, -0.05) is 25.5 Å². The average Bonchev–Trinajstić information content (AvgIpc) is 2.55. The Bertz CT molecular complexity index is 740. The number of hydrogen-bond donors (Lipinski definition) is 1. The minimum atomic E-state index is -4.85. The van der Waals surface area contributed by atoms with Crippen molar-refractivity contribution in [2.24, 2.45) is 0 Å². The summed E-state index contributed by atoms with van der Waals surface area (Å²) >= 11 is 0. The highest BCUT2D eigenvalue weighted by molar-refractivity contribution is 5.40. The van der Waals surface area contributed by atoms with Crippen molar-refractivity contribution in [1.29, 1.82) is 0 Å². The molecule has 1 N–H and O–H groups in total. The van der Waals surface area contributed by atoms with Gasteiger partial charge in [0.15, 0.2) is 5.60 Å². The van der Waals surface area contributed by atoms with Gasteiger partial charge in [-0.3, -0.25) is 0 Å². The lowest BCUT2D eigenvalue weighted by Crippen LogP contribution is -2.55. The third-order valence-electron chi connectivity index (χ3n) is 4.81. The molecule has 1 aromatic rings. The monoisotopic (exact) mass is 387 g/mol. The minimum absolute atomic E-state index is 0.276. The van der Waals surface area contributed by atoms with Crippen LogP contribution in [0, 0.1) is 5.82 Å². The van der Waals surface area contributed by atoms with Gasteiger partial charge in [0, 0.05) is 12.1 Å². The Morgan fingerprint density at radius 2 is 1.89 bits per heavy atom. The van der Waals surface area contributed by atoms with Gasteiger partial charge in [0.05, 0.1) is 13.7 Å². The first-order valence-electron chi connectivity index (χ1n) is 8.60. The Balaban J connectivity index is 2.35. The molecule has 3 nitrogen and oxygen atoms in total. The number of hydrogen-bond acceptors (Lipinski definition) is 3. The van der Waals surface area contributed by atoms with Crippen molar-refractivity contribution in [3.63, 3.8) is 0 Å². The summed E-state index contributed by atoms with van der Waals surface area (Å²) < 4.78 is 60.4. The zero-order valence-corrected chi connectivity index (χ0v) is 15.9. The van der Waals surface area contributed by atoms with Crippen molar-refractivity contribution < 1.29 is 27.4 Å². The molecular weight excluding hydrogens is 362 g/mol. The molecule has 0 radical (unpaired) electrons. The summed E-state index contributed by atoms with van der Waals surface area (Å²) in [7, 11) is 1.37. The van der Waals surface area contributed by atoms with Crippen molar-refractivity contribution in [3.8, 4) is 5.75 Å². The molecule has 0 aromatic heterocycles. The molecule has 150 valence electrons. The molecule has 0 saturated heterocycles. The highest BCUT2D eigenvalue weighted by Crippen LogP contribution is 2.44. The van der Waals surface area contributed by atoms with E-state index >= 15 is 0 Å². The Morgan fingerprint density at radius 3 is 2.41 bits per heavy atom. The fourth-order valence-electron chi connectivity index (χ4n) is 3.35. The highest BCUT2D eigenvalue weighted by atomic mass is 19.4. The number of methoxy groups -OCH3 is 1. The summed E-state index contributed by atoms with van der Waals surface area (Å²) in [5, 5.41) is 10.6. The van der Waals surface area contributed by atoms with Crippen LogP contribution >= 0.6 is 0 Å². The fraction of sp³-hybridized carbons (Fsp3) is 0.500. The van der Waals surface area contributed by atoms with Gasteiger partial charge >= 0.3 is 6.18 Å². The van der Waals surface area contributed by atoms with Crippen LogP contribution in [-0.4, -0.2) is 42.0 Å². The van der Waals surface area contributed by atoms with Crippen LogP contribution in [0.15, 0.2) is 42.1 Å². The van der Waals surface area contributed by atoms with Gasteiger partial charge < -0.3 is 14.7 Å². The Labute approximate surface area is 156 Å². The van der Waals surface area contributed by atoms with Crippen LogP contribution in [-0.2, 0) is 5.41 Å². The van der Waals surface area contributed by atoms with Crippen LogP contribution in [0.4, 0.5) is 17.6 Å². The molecule has 0 saturated carbocycles. The van der Waals surface area contributed by atoms with E-state index in [0.29, 0.717) is 0 Å². The van der Waals surface area contributed by atoms with Gasteiger partial charge in [0.1, 0.15) is 11.6 Å². The number of halogens is 4. The van der Waals surface area contributed by atoms with Gasteiger partial charge in [0.2, 0.25) is 0 Å². The molecule has 0 spiro atoms. The first-order valence-corrected chi connectivity index (χ1v) is 8.60. The maximum Gasteiger partial charge on any atom is 0.418 e. The second-order valence-electron chi connectivity index (χ2n) is 7.63. The average molecular weight is 387 g/mol. The van der Waals surface area contributed by atoms with Crippen molar-refractivity contribution in [2.45, 2.75) is 44.4 Å². The summed E-state index contributed by atoms with van der Waals surface area (Å²) in [6.07, 6.45) is -0.467. The van der Waals surface area contributed by atoms with Gasteiger partial charge in [-0.25, -0.2) is 4.39 Å². The van der Waals surface area contributed by atoms with Crippen LogP contribution in [0.5, 0.6) is 5.75 Å². The highest BCUT2D eigenvalue weighted by Gasteiger charge is 2.56. The number of β-amino-alcohol motifs (C(OH)–C–C–N with tert-alkyl or cyclic N) is 1. The topological polar surface area (TPSA) is 32.7 Å². The summed E-state index contributed by atoms with van der Waals surface area (Å²) in [6, 6.07) is 3.71. The Hall–Kier alpha value is -2.02. The summed E-state index contributed by atoms with van der Waals surface area (Å²) in [5.74, 6) is -0.295. The molecule has 0 amide bonds. The van der Waals surface area contributed by atoms with Crippen molar-refractivity contribution in [2.75, 3.05) is 20.2 Å². The second kappa shape index (κ2) is 7.54. The van der Waals surface area contributed by atoms with E-state index in [1.165, 1.54) is 38.0 Å². The van der Waals surface area contributed by atoms with E-state index in [1.807, 2.05) is 6.92 Å². The number of benzene rings is 1. The first kappa shape index (κ1) is 21.3. The molecule has 2 rings (SSSR count). The predicted octanol–water partition coefficient (Wildman–Crippen LogP) is 4.57. The molecule has 1 aliphatic heterocycles. The molecule has 1 aromatic carbocycles. The smallest absolute Gasteiger partial charge is 0.418 e. The number of alkyl halides is 3. The number of aliphatic hydroxyl groups is 1. The Morgan fingerprint density at radius 1 is 1.22 bits per heavy atom. The van der Waals surface area contributed by atoms with Gasteiger partial charge in [-0.15, -0.1) is 0 Å². The normalized spacial score (nSPS) is 17.5. The SMILES string of the molecule is COc1ccc(F)cc1C(C)(C)CC(O)(CN1C=CC(C)=CC1)C(F)(F)F.